The third-order valence-corrected chi connectivity index (χ3v) is 1.82. The Morgan fingerprint density at radius 3 is 2.69 bits per heavy atom. The molecule has 0 fully saturated rings. The molecule has 0 spiro atoms. The van der Waals surface area contributed by atoms with Gasteiger partial charge in [-0.1, -0.05) is 13.0 Å². The summed E-state index contributed by atoms with van der Waals surface area (Å²) in [7, 11) is 0. The Kier molecular flexibility index (Phi) is 3.23. The second-order valence-electron chi connectivity index (χ2n) is 2.89. The highest BCUT2D eigenvalue weighted by Gasteiger charge is 2.10. The SMILES string of the molecule is CCC(C)Oc1cccc(F)c1F. The predicted molar refractivity (Wildman–Crippen MR) is 46.7 cm³/mol. The van der Waals surface area contributed by atoms with Gasteiger partial charge >= 0.3 is 0 Å². The van der Waals surface area contributed by atoms with Crippen molar-refractivity contribution in [2.24, 2.45) is 0 Å². The Labute approximate surface area is 76.3 Å². The van der Waals surface area contributed by atoms with Crippen molar-refractivity contribution in [3.05, 3.63) is 29.8 Å². The van der Waals surface area contributed by atoms with Gasteiger partial charge in [0.05, 0.1) is 6.10 Å². The molecule has 0 aromatic heterocycles. The molecule has 1 aromatic carbocycles. The normalized spacial score (nSPS) is 12.6. The van der Waals surface area contributed by atoms with E-state index in [9.17, 15) is 8.78 Å². The van der Waals surface area contributed by atoms with Gasteiger partial charge in [-0.3, -0.25) is 0 Å². The third kappa shape index (κ3) is 2.41. The van der Waals surface area contributed by atoms with Crippen LogP contribution in [0.15, 0.2) is 18.2 Å². The number of hydrogen-bond donors (Lipinski definition) is 0. The summed E-state index contributed by atoms with van der Waals surface area (Å²) in [6.07, 6.45) is 0.659. The van der Waals surface area contributed by atoms with Crippen LogP contribution in [0, 0.1) is 11.6 Å². The van der Waals surface area contributed by atoms with Crippen molar-refractivity contribution in [1.82, 2.24) is 0 Å². The highest BCUT2D eigenvalue weighted by Crippen LogP contribution is 2.20. The minimum absolute atomic E-state index is 0.0191. The van der Waals surface area contributed by atoms with E-state index < -0.39 is 11.6 Å². The van der Waals surface area contributed by atoms with Crippen LogP contribution in [0.25, 0.3) is 0 Å². The average molecular weight is 186 g/mol. The van der Waals surface area contributed by atoms with Crippen LogP contribution in [0.4, 0.5) is 8.78 Å². The Bertz CT molecular complexity index is 286. The largest absolute Gasteiger partial charge is 0.488 e. The van der Waals surface area contributed by atoms with E-state index in [1.807, 2.05) is 13.8 Å². The molecule has 0 saturated heterocycles. The Morgan fingerprint density at radius 2 is 2.08 bits per heavy atom. The molecule has 0 aliphatic heterocycles. The van der Waals surface area contributed by atoms with Gasteiger partial charge in [-0.15, -0.1) is 0 Å². The molecule has 0 bridgehead atoms. The molecule has 1 rings (SSSR count). The molecule has 13 heavy (non-hydrogen) atoms. The van der Waals surface area contributed by atoms with Gasteiger partial charge in [0.1, 0.15) is 0 Å². The van der Waals surface area contributed by atoms with Crippen molar-refractivity contribution in [3.63, 3.8) is 0 Å². The van der Waals surface area contributed by atoms with Crippen LogP contribution in [-0.2, 0) is 0 Å². The molecule has 0 aliphatic rings. The predicted octanol–water partition coefficient (Wildman–Crippen LogP) is 3.14. The minimum Gasteiger partial charge on any atom is -0.488 e. The quantitative estimate of drug-likeness (QED) is 0.704. The maximum Gasteiger partial charge on any atom is 0.200 e. The van der Waals surface area contributed by atoms with Gasteiger partial charge in [0.25, 0.3) is 0 Å². The third-order valence-electron chi connectivity index (χ3n) is 1.82. The molecule has 1 aromatic rings. The molecule has 0 saturated carbocycles. The molecule has 0 aliphatic carbocycles. The van der Waals surface area contributed by atoms with E-state index in [2.05, 4.69) is 0 Å². The van der Waals surface area contributed by atoms with Crippen molar-refractivity contribution in [3.8, 4) is 5.75 Å². The van der Waals surface area contributed by atoms with E-state index in [1.165, 1.54) is 12.1 Å². The zero-order valence-electron chi connectivity index (χ0n) is 7.68. The lowest BCUT2D eigenvalue weighted by molar-refractivity contribution is 0.205. The van der Waals surface area contributed by atoms with Gasteiger partial charge in [-0.05, 0) is 25.5 Å². The zero-order chi connectivity index (χ0) is 9.84. The van der Waals surface area contributed by atoms with Gasteiger partial charge in [-0.25, -0.2) is 4.39 Å². The summed E-state index contributed by atoms with van der Waals surface area (Å²) in [5.74, 6) is -1.81. The molecule has 0 heterocycles. The van der Waals surface area contributed by atoms with E-state index in [-0.39, 0.29) is 11.9 Å². The van der Waals surface area contributed by atoms with Crippen molar-refractivity contribution in [2.75, 3.05) is 0 Å². The van der Waals surface area contributed by atoms with E-state index in [4.69, 9.17) is 4.74 Å². The van der Waals surface area contributed by atoms with Gasteiger partial charge in [0, 0.05) is 0 Å². The molecule has 3 heteroatoms. The van der Waals surface area contributed by atoms with Crippen molar-refractivity contribution in [2.45, 2.75) is 26.4 Å². The number of ether oxygens (including phenoxy) is 1. The van der Waals surface area contributed by atoms with Gasteiger partial charge in [0.15, 0.2) is 11.6 Å². The molecular formula is C10H12F2O. The summed E-state index contributed by atoms with van der Waals surface area (Å²) < 4.78 is 30.8. The first-order valence-corrected chi connectivity index (χ1v) is 4.25. The topological polar surface area (TPSA) is 9.23 Å². The van der Waals surface area contributed by atoms with Crippen molar-refractivity contribution in [1.29, 1.82) is 0 Å². The summed E-state index contributed by atoms with van der Waals surface area (Å²) in [5.41, 5.74) is 0. The summed E-state index contributed by atoms with van der Waals surface area (Å²) in [5, 5.41) is 0. The molecule has 0 radical (unpaired) electrons. The van der Waals surface area contributed by atoms with E-state index in [1.54, 1.807) is 0 Å². The smallest absolute Gasteiger partial charge is 0.200 e. The first kappa shape index (κ1) is 9.96. The fourth-order valence-electron chi connectivity index (χ4n) is 0.875. The van der Waals surface area contributed by atoms with Gasteiger partial charge < -0.3 is 4.74 Å². The second-order valence-corrected chi connectivity index (χ2v) is 2.89. The maximum atomic E-state index is 13.0. The minimum atomic E-state index is -0.914. The second kappa shape index (κ2) is 4.21. The van der Waals surface area contributed by atoms with Crippen LogP contribution in [0.3, 0.4) is 0 Å². The fourth-order valence-corrected chi connectivity index (χ4v) is 0.875. The lowest BCUT2D eigenvalue weighted by Crippen LogP contribution is -2.11. The van der Waals surface area contributed by atoms with Crippen LogP contribution in [0.5, 0.6) is 5.75 Å². The number of halogens is 2. The lowest BCUT2D eigenvalue weighted by atomic mass is 10.3. The molecule has 0 N–H and O–H groups in total. The molecule has 1 nitrogen and oxygen atoms in total. The number of rotatable bonds is 3. The monoisotopic (exact) mass is 186 g/mol. The van der Waals surface area contributed by atoms with Crippen LogP contribution < -0.4 is 4.74 Å². The van der Waals surface area contributed by atoms with Crippen LogP contribution in [-0.4, -0.2) is 6.10 Å². The van der Waals surface area contributed by atoms with Crippen LogP contribution in [0.1, 0.15) is 20.3 Å². The number of hydrogen-bond acceptors (Lipinski definition) is 1. The van der Waals surface area contributed by atoms with E-state index in [0.717, 1.165) is 12.5 Å². The highest BCUT2D eigenvalue weighted by atomic mass is 19.2. The molecular weight excluding hydrogens is 174 g/mol. The van der Waals surface area contributed by atoms with E-state index >= 15 is 0 Å². The van der Waals surface area contributed by atoms with Gasteiger partial charge in [-0.2, -0.15) is 4.39 Å². The lowest BCUT2D eigenvalue weighted by Gasteiger charge is -2.12. The first-order chi connectivity index (χ1) is 6.15. The fraction of sp³-hybridized carbons (Fsp3) is 0.400. The molecule has 0 amide bonds. The standard InChI is InChI=1S/C10H12F2O/c1-3-7(2)13-9-6-4-5-8(11)10(9)12/h4-7H,3H2,1-2H3. The highest BCUT2D eigenvalue weighted by molar-refractivity contribution is 5.25. The summed E-state index contributed by atoms with van der Waals surface area (Å²) in [6, 6.07) is 3.92. The molecule has 1 atom stereocenters. The average Bonchev–Trinajstić information content (AvgIpc) is 2.13. The zero-order valence-corrected chi connectivity index (χ0v) is 7.68. The van der Waals surface area contributed by atoms with Crippen molar-refractivity contribution >= 4 is 0 Å². The van der Waals surface area contributed by atoms with E-state index in [0.29, 0.717) is 0 Å². The summed E-state index contributed by atoms with van der Waals surface area (Å²) in [4.78, 5) is 0. The first-order valence-electron chi connectivity index (χ1n) is 4.25. The molecule has 1 unspecified atom stereocenters. The Hall–Kier alpha value is -1.12. The summed E-state index contributed by atoms with van der Waals surface area (Å²) >= 11 is 0. The van der Waals surface area contributed by atoms with Crippen molar-refractivity contribution < 1.29 is 13.5 Å². The molecule has 72 valence electrons. The maximum absolute atomic E-state index is 13.0. The Morgan fingerprint density at radius 1 is 1.38 bits per heavy atom. The number of benzene rings is 1. The van der Waals surface area contributed by atoms with Crippen LogP contribution in [0.2, 0.25) is 0 Å². The van der Waals surface area contributed by atoms with Gasteiger partial charge in [0.2, 0.25) is 5.82 Å². The Balaban J connectivity index is 2.83. The summed E-state index contributed by atoms with van der Waals surface area (Å²) in [6.45, 7) is 3.73. The van der Waals surface area contributed by atoms with Crippen LogP contribution >= 0.6 is 0 Å².